The number of nitrogens with two attached hydrogens (primary N) is 2. The molecule has 0 bridgehead atoms. The number of rotatable bonds is 7. The number of sulfone groups is 1. The third-order valence-corrected chi connectivity index (χ3v) is 3.33. The topological polar surface area (TPSA) is 124 Å². The van der Waals surface area contributed by atoms with Gasteiger partial charge < -0.3 is 16.4 Å². The molecule has 4 N–H and O–H groups in total. The third-order valence-electron chi connectivity index (χ3n) is 2.35. The minimum absolute atomic E-state index is 0.0274. The van der Waals surface area contributed by atoms with Crippen molar-refractivity contribution in [3.05, 3.63) is 0 Å². The zero-order chi connectivity index (χ0) is 14.5. The van der Waals surface area contributed by atoms with Crippen LogP contribution < -0.4 is 11.5 Å². The van der Waals surface area contributed by atoms with E-state index >= 15 is 0 Å². The van der Waals surface area contributed by atoms with E-state index in [9.17, 15) is 18.0 Å². The van der Waals surface area contributed by atoms with Gasteiger partial charge in [0.05, 0.1) is 18.3 Å². The van der Waals surface area contributed by atoms with Gasteiger partial charge in [-0.05, 0) is 20.3 Å². The van der Waals surface area contributed by atoms with Crippen molar-refractivity contribution in [3.63, 3.8) is 0 Å². The molecule has 106 valence electrons. The predicted octanol–water partition coefficient (Wildman–Crippen LogP) is -1.53. The fourth-order valence-corrected chi connectivity index (χ4v) is 2.04. The van der Waals surface area contributed by atoms with Crippen LogP contribution in [0, 0.1) is 0 Å². The van der Waals surface area contributed by atoms with E-state index in [-0.39, 0.29) is 24.8 Å². The Balaban J connectivity index is 4.62. The van der Waals surface area contributed by atoms with Crippen LogP contribution in [0.2, 0.25) is 0 Å². The van der Waals surface area contributed by atoms with E-state index < -0.39 is 27.7 Å². The summed E-state index contributed by atoms with van der Waals surface area (Å²) in [6.07, 6.45) is 1.10. The van der Waals surface area contributed by atoms with Gasteiger partial charge in [0.25, 0.3) is 0 Å². The second-order valence-corrected chi connectivity index (χ2v) is 6.81. The normalized spacial score (nSPS) is 13.4. The molecule has 0 fully saturated rings. The minimum Gasteiger partial charge on any atom is -0.368 e. The molecule has 0 aliphatic heterocycles. The van der Waals surface area contributed by atoms with Gasteiger partial charge in [-0.25, -0.2) is 8.42 Å². The van der Waals surface area contributed by atoms with E-state index in [4.69, 9.17) is 11.5 Å². The number of primary amides is 1. The molecule has 0 saturated heterocycles. The zero-order valence-electron chi connectivity index (χ0n) is 10.9. The van der Waals surface area contributed by atoms with E-state index in [1.54, 1.807) is 13.8 Å². The lowest BCUT2D eigenvalue weighted by Crippen LogP contribution is -2.50. The quantitative estimate of drug-likeness (QED) is 0.585. The van der Waals surface area contributed by atoms with Gasteiger partial charge in [-0.2, -0.15) is 0 Å². The Labute approximate surface area is 107 Å². The molecule has 0 aromatic heterocycles. The molecule has 2 amide bonds. The average molecular weight is 279 g/mol. The first-order valence-corrected chi connectivity index (χ1v) is 7.62. The monoisotopic (exact) mass is 279 g/mol. The van der Waals surface area contributed by atoms with E-state index in [0.717, 1.165) is 6.26 Å². The Morgan fingerprint density at radius 3 is 2.11 bits per heavy atom. The number of hydrogen-bond donors (Lipinski definition) is 2. The van der Waals surface area contributed by atoms with Gasteiger partial charge in [-0.1, -0.05) is 0 Å². The molecule has 0 aromatic carbocycles. The Morgan fingerprint density at radius 2 is 1.78 bits per heavy atom. The maximum Gasteiger partial charge on any atom is 0.240 e. The molecule has 0 heterocycles. The number of hydrogen-bond acceptors (Lipinski definition) is 5. The van der Waals surface area contributed by atoms with Crippen molar-refractivity contribution in [1.29, 1.82) is 0 Å². The van der Waals surface area contributed by atoms with Crippen molar-refractivity contribution in [2.24, 2.45) is 11.5 Å². The minimum atomic E-state index is -3.16. The predicted molar refractivity (Wildman–Crippen MR) is 68.3 cm³/mol. The molecule has 0 saturated carbocycles. The van der Waals surface area contributed by atoms with Gasteiger partial charge in [-0.15, -0.1) is 0 Å². The highest BCUT2D eigenvalue weighted by Gasteiger charge is 2.25. The molecule has 8 heteroatoms. The van der Waals surface area contributed by atoms with Crippen molar-refractivity contribution in [1.82, 2.24) is 4.90 Å². The zero-order valence-corrected chi connectivity index (χ0v) is 11.7. The average Bonchev–Trinajstić information content (AvgIpc) is 2.19. The highest BCUT2D eigenvalue weighted by Crippen LogP contribution is 2.04. The van der Waals surface area contributed by atoms with Gasteiger partial charge in [0.2, 0.25) is 11.8 Å². The van der Waals surface area contributed by atoms with E-state index in [0.29, 0.717) is 0 Å². The van der Waals surface area contributed by atoms with Crippen LogP contribution >= 0.6 is 0 Å². The molecule has 18 heavy (non-hydrogen) atoms. The molecule has 0 aliphatic carbocycles. The summed E-state index contributed by atoms with van der Waals surface area (Å²) in [6.45, 7) is 3.23. The van der Waals surface area contributed by atoms with Crippen LogP contribution in [-0.2, 0) is 19.4 Å². The first-order valence-electron chi connectivity index (χ1n) is 5.56. The van der Waals surface area contributed by atoms with Crippen LogP contribution in [-0.4, -0.2) is 55.8 Å². The lowest BCUT2D eigenvalue weighted by molar-refractivity contribution is -0.138. The van der Waals surface area contributed by atoms with Crippen molar-refractivity contribution in [2.45, 2.75) is 32.4 Å². The lowest BCUT2D eigenvalue weighted by Gasteiger charge is -2.28. The summed E-state index contributed by atoms with van der Waals surface area (Å²) in [5, 5.41) is 0. The van der Waals surface area contributed by atoms with Gasteiger partial charge in [-0.3, -0.25) is 9.59 Å². The summed E-state index contributed by atoms with van der Waals surface area (Å²) in [4.78, 5) is 24.0. The second-order valence-electron chi connectivity index (χ2n) is 4.55. The summed E-state index contributed by atoms with van der Waals surface area (Å²) >= 11 is 0. The maximum atomic E-state index is 11.9. The summed E-state index contributed by atoms with van der Waals surface area (Å²) in [7, 11) is -3.16. The molecular weight excluding hydrogens is 258 g/mol. The van der Waals surface area contributed by atoms with Crippen molar-refractivity contribution in [2.75, 3.05) is 18.6 Å². The fourth-order valence-electron chi connectivity index (χ4n) is 1.36. The summed E-state index contributed by atoms with van der Waals surface area (Å²) in [5.74, 6) is -1.26. The number of amides is 2. The van der Waals surface area contributed by atoms with Gasteiger partial charge in [0, 0.05) is 12.3 Å². The standard InChI is InChI=1S/C10H21N3O4S/c1-7(2)13(6-9(12)14)10(15)8(11)4-5-18(3,16)17/h7-8H,4-6,11H2,1-3H3,(H2,12,14). The number of nitrogens with zero attached hydrogens (tertiary/aromatic N) is 1. The Morgan fingerprint density at radius 1 is 1.28 bits per heavy atom. The molecule has 0 radical (unpaired) electrons. The fraction of sp³-hybridized carbons (Fsp3) is 0.800. The first-order chi connectivity index (χ1) is 8.04. The van der Waals surface area contributed by atoms with Crippen molar-refractivity contribution >= 4 is 21.7 Å². The summed E-state index contributed by atoms with van der Waals surface area (Å²) < 4.78 is 22.0. The Hall–Kier alpha value is -1.15. The molecular formula is C10H21N3O4S. The molecule has 7 nitrogen and oxygen atoms in total. The van der Waals surface area contributed by atoms with Gasteiger partial charge in [0.15, 0.2) is 0 Å². The molecule has 0 rings (SSSR count). The van der Waals surface area contributed by atoms with Crippen molar-refractivity contribution in [3.8, 4) is 0 Å². The van der Waals surface area contributed by atoms with Crippen LogP contribution in [0.3, 0.4) is 0 Å². The van der Waals surface area contributed by atoms with Crippen LogP contribution in [0.1, 0.15) is 20.3 Å². The molecule has 1 atom stereocenters. The van der Waals surface area contributed by atoms with E-state index in [1.807, 2.05) is 0 Å². The summed E-state index contributed by atoms with van der Waals surface area (Å²) in [6, 6.07) is -1.17. The van der Waals surface area contributed by atoms with E-state index in [2.05, 4.69) is 0 Å². The highest BCUT2D eigenvalue weighted by atomic mass is 32.2. The largest absolute Gasteiger partial charge is 0.368 e. The maximum absolute atomic E-state index is 11.9. The van der Waals surface area contributed by atoms with Crippen molar-refractivity contribution < 1.29 is 18.0 Å². The smallest absolute Gasteiger partial charge is 0.240 e. The highest BCUT2D eigenvalue weighted by molar-refractivity contribution is 7.90. The molecule has 0 aliphatic rings. The number of carbonyl (C=O) groups excluding carboxylic acids is 2. The van der Waals surface area contributed by atoms with Gasteiger partial charge >= 0.3 is 0 Å². The van der Waals surface area contributed by atoms with E-state index in [1.165, 1.54) is 4.90 Å². The first kappa shape index (κ1) is 16.9. The number of carbonyl (C=O) groups is 2. The van der Waals surface area contributed by atoms with Crippen LogP contribution in [0.25, 0.3) is 0 Å². The Bertz CT molecular complexity index is 405. The van der Waals surface area contributed by atoms with Crippen LogP contribution in [0.5, 0.6) is 0 Å². The SMILES string of the molecule is CC(C)N(CC(N)=O)C(=O)C(N)CCS(C)(=O)=O. The molecule has 0 aromatic rings. The lowest BCUT2D eigenvalue weighted by atomic mass is 10.2. The van der Waals surface area contributed by atoms with Crippen LogP contribution in [0.4, 0.5) is 0 Å². The second kappa shape index (κ2) is 6.69. The molecule has 0 spiro atoms. The Kier molecular flexibility index (Phi) is 6.27. The molecule has 1 unspecified atom stereocenters. The van der Waals surface area contributed by atoms with Gasteiger partial charge in [0.1, 0.15) is 9.84 Å². The van der Waals surface area contributed by atoms with Crippen LogP contribution in [0.15, 0.2) is 0 Å². The third kappa shape index (κ3) is 6.55. The summed E-state index contributed by atoms with van der Waals surface area (Å²) in [5.41, 5.74) is 10.7.